The van der Waals surface area contributed by atoms with E-state index in [0.717, 1.165) is 17.9 Å². The molecule has 1 saturated heterocycles. The van der Waals surface area contributed by atoms with Crippen LogP contribution in [0.3, 0.4) is 0 Å². The number of rotatable bonds is 2. The number of ether oxygens (including phenoxy) is 2. The van der Waals surface area contributed by atoms with Gasteiger partial charge >= 0.3 is 6.03 Å². The molecule has 2 fully saturated rings. The molecule has 1 aromatic carbocycles. The molecule has 8 nitrogen and oxygen atoms in total. The highest BCUT2D eigenvalue weighted by Crippen LogP contribution is 2.36. The summed E-state index contributed by atoms with van der Waals surface area (Å²) in [6.45, 7) is 2.14. The van der Waals surface area contributed by atoms with Gasteiger partial charge in [0.15, 0.2) is 11.5 Å². The van der Waals surface area contributed by atoms with Gasteiger partial charge in [-0.1, -0.05) is 19.1 Å². The highest BCUT2D eigenvalue weighted by Gasteiger charge is 2.53. The smallest absolute Gasteiger partial charge is 0.344 e. The predicted molar refractivity (Wildman–Crippen MR) is 90.2 cm³/mol. The van der Waals surface area contributed by atoms with E-state index in [1.54, 1.807) is 24.3 Å². The number of amides is 4. The molecule has 2 N–H and O–H groups in total. The molecule has 0 aromatic heterocycles. The number of hydrogen-bond donors (Lipinski definition) is 2. The summed E-state index contributed by atoms with van der Waals surface area (Å²) in [5.41, 5.74) is 1.49. The van der Waals surface area contributed by atoms with E-state index in [4.69, 9.17) is 9.47 Å². The summed E-state index contributed by atoms with van der Waals surface area (Å²) in [6, 6.07) is 6.42. The van der Waals surface area contributed by atoms with Crippen molar-refractivity contribution in [1.29, 1.82) is 0 Å². The van der Waals surface area contributed by atoms with Crippen molar-refractivity contribution in [1.82, 2.24) is 15.8 Å². The number of hydrazine groups is 1. The van der Waals surface area contributed by atoms with Crippen molar-refractivity contribution >= 4 is 17.8 Å². The molecule has 1 saturated carbocycles. The zero-order valence-electron chi connectivity index (χ0n) is 14.5. The van der Waals surface area contributed by atoms with Gasteiger partial charge in [-0.05, 0) is 43.7 Å². The molecule has 1 atom stereocenters. The summed E-state index contributed by atoms with van der Waals surface area (Å²) in [6.07, 6.45) is 1.96. The van der Waals surface area contributed by atoms with Gasteiger partial charge in [0.05, 0.1) is 0 Å². The maximum Gasteiger partial charge on any atom is 0.344 e. The SMILES string of the molecule is CC1CCC2(CC1)NC(=O)N(NC(=O)[C@@H]1COc3ccccc3O1)C2=O. The third-order valence-electron chi connectivity index (χ3n) is 5.31. The number of nitrogens with zero attached hydrogens (tertiary/aromatic N) is 1. The van der Waals surface area contributed by atoms with E-state index in [0.29, 0.717) is 30.3 Å². The third-order valence-corrected chi connectivity index (χ3v) is 5.31. The number of para-hydroxylation sites is 2. The maximum absolute atomic E-state index is 12.8. The zero-order chi connectivity index (χ0) is 18.3. The Hall–Kier alpha value is -2.77. The minimum absolute atomic E-state index is 0.00908. The second-order valence-electron chi connectivity index (χ2n) is 7.18. The molecule has 2 aliphatic heterocycles. The molecule has 0 bridgehead atoms. The van der Waals surface area contributed by atoms with Crippen LogP contribution in [0.25, 0.3) is 0 Å². The Morgan fingerprint density at radius 1 is 1.23 bits per heavy atom. The van der Waals surface area contributed by atoms with Crippen LogP contribution in [0, 0.1) is 5.92 Å². The van der Waals surface area contributed by atoms with Gasteiger partial charge in [0.2, 0.25) is 6.10 Å². The Labute approximate surface area is 150 Å². The molecule has 1 aromatic rings. The molecule has 0 unspecified atom stereocenters. The second-order valence-corrected chi connectivity index (χ2v) is 7.18. The monoisotopic (exact) mass is 359 g/mol. The van der Waals surface area contributed by atoms with Gasteiger partial charge in [-0.2, -0.15) is 5.01 Å². The molecule has 8 heteroatoms. The summed E-state index contributed by atoms with van der Waals surface area (Å²) in [4.78, 5) is 37.5. The molecule has 2 heterocycles. The van der Waals surface area contributed by atoms with Gasteiger partial charge in [0, 0.05) is 0 Å². The van der Waals surface area contributed by atoms with E-state index in [-0.39, 0.29) is 6.61 Å². The van der Waals surface area contributed by atoms with Gasteiger partial charge in [-0.15, -0.1) is 0 Å². The second kappa shape index (κ2) is 6.19. The highest BCUT2D eigenvalue weighted by atomic mass is 16.6. The zero-order valence-corrected chi connectivity index (χ0v) is 14.5. The first-order chi connectivity index (χ1) is 12.5. The number of carbonyl (C=O) groups excluding carboxylic acids is 3. The number of nitrogens with one attached hydrogen (secondary N) is 2. The van der Waals surface area contributed by atoms with Crippen molar-refractivity contribution in [2.24, 2.45) is 5.92 Å². The molecule has 4 amide bonds. The molecule has 138 valence electrons. The Morgan fingerprint density at radius 3 is 2.65 bits per heavy atom. The topological polar surface area (TPSA) is 97.0 Å². The number of carbonyl (C=O) groups is 3. The van der Waals surface area contributed by atoms with E-state index < -0.39 is 29.5 Å². The molecule has 1 spiro atoms. The summed E-state index contributed by atoms with van der Waals surface area (Å²) < 4.78 is 11.1. The fourth-order valence-electron chi connectivity index (χ4n) is 3.65. The number of imide groups is 1. The van der Waals surface area contributed by atoms with Crippen LogP contribution < -0.4 is 20.2 Å². The van der Waals surface area contributed by atoms with Gasteiger partial charge in [-0.25, -0.2) is 4.79 Å². The minimum atomic E-state index is -0.937. The highest BCUT2D eigenvalue weighted by molar-refractivity contribution is 6.08. The average Bonchev–Trinajstić information content (AvgIpc) is 2.88. The van der Waals surface area contributed by atoms with E-state index >= 15 is 0 Å². The first-order valence-corrected chi connectivity index (χ1v) is 8.84. The Kier molecular flexibility index (Phi) is 3.97. The van der Waals surface area contributed by atoms with Crippen molar-refractivity contribution in [3.05, 3.63) is 24.3 Å². The average molecular weight is 359 g/mol. The fourth-order valence-corrected chi connectivity index (χ4v) is 3.65. The van der Waals surface area contributed by atoms with E-state index in [9.17, 15) is 14.4 Å². The van der Waals surface area contributed by atoms with Crippen LogP contribution >= 0.6 is 0 Å². The van der Waals surface area contributed by atoms with Gasteiger partial charge in [0.1, 0.15) is 12.1 Å². The minimum Gasteiger partial charge on any atom is -0.485 e. The van der Waals surface area contributed by atoms with Crippen LogP contribution in [0.4, 0.5) is 4.79 Å². The third kappa shape index (κ3) is 2.75. The number of benzene rings is 1. The van der Waals surface area contributed by atoms with Gasteiger partial charge in [0.25, 0.3) is 11.8 Å². The normalized spacial score (nSPS) is 30.3. The van der Waals surface area contributed by atoms with Crippen LogP contribution in [0.5, 0.6) is 11.5 Å². The lowest BCUT2D eigenvalue weighted by Gasteiger charge is -2.33. The first-order valence-electron chi connectivity index (χ1n) is 8.84. The molecule has 0 radical (unpaired) electrons. The summed E-state index contributed by atoms with van der Waals surface area (Å²) >= 11 is 0. The van der Waals surface area contributed by atoms with E-state index in [1.807, 2.05) is 0 Å². The van der Waals surface area contributed by atoms with Crippen molar-refractivity contribution in [2.75, 3.05) is 6.61 Å². The van der Waals surface area contributed by atoms with Crippen molar-refractivity contribution < 1.29 is 23.9 Å². The lowest BCUT2D eigenvalue weighted by molar-refractivity contribution is -0.143. The first kappa shape index (κ1) is 16.7. The summed E-state index contributed by atoms with van der Waals surface area (Å²) in [7, 11) is 0. The van der Waals surface area contributed by atoms with Crippen LogP contribution in [0.1, 0.15) is 32.6 Å². The largest absolute Gasteiger partial charge is 0.485 e. The van der Waals surface area contributed by atoms with E-state index in [2.05, 4.69) is 17.7 Å². The van der Waals surface area contributed by atoms with Crippen LogP contribution in [0.2, 0.25) is 0 Å². The Balaban J connectivity index is 1.43. The maximum atomic E-state index is 12.8. The summed E-state index contributed by atoms with van der Waals surface area (Å²) in [5, 5.41) is 3.54. The van der Waals surface area contributed by atoms with Gasteiger partial charge < -0.3 is 14.8 Å². The van der Waals surface area contributed by atoms with Crippen LogP contribution in [-0.2, 0) is 9.59 Å². The molecule has 26 heavy (non-hydrogen) atoms. The molecular weight excluding hydrogens is 338 g/mol. The van der Waals surface area contributed by atoms with Crippen LogP contribution in [0.15, 0.2) is 24.3 Å². The number of fused-ring (bicyclic) bond motifs is 1. The standard InChI is InChI=1S/C18H21N3O5/c1-11-6-8-18(9-7-11)16(23)21(17(24)19-18)20-15(22)14-10-25-12-4-2-3-5-13(12)26-14/h2-5,11,14H,6-10H2,1H3,(H,19,24)(H,20,22)/t11?,14-,18?/m0/s1. The van der Waals surface area contributed by atoms with E-state index in [1.165, 1.54) is 0 Å². The number of hydrogen-bond acceptors (Lipinski definition) is 5. The van der Waals surface area contributed by atoms with Gasteiger partial charge in [-0.3, -0.25) is 15.0 Å². The molecule has 4 rings (SSSR count). The molecule has 1 aliphatic carbocycles. The van der Waals surface area contributed by atoms with Crippen molar-refractivity contribution in [3.8, 4) is 11.5 Å². The van der Waals surface area contributed by atoms with Crippen molar-refractivity contribution in [2.45, 2.75) is 44.2 Å². The molecular formula is C18H21N3O5. The Bertz CT molecular complexity index is 757. The Morgan fingerprint density at radius 2 is 1.92 bits per heavy atom. The number of urea groups is 1. The lowest BCUT2D eigenvalue weighted by Crippen LogP contribution is -2.55. The fraction of sp³-hybridized carbons (Fsp3) is 0.500. The van der Waals surface area contributed by atoms with Crippen LogP contribution in [-0.4, -0.2) is 41.1 Å². The predicted octanol–water partition coefficient (Wildman–Crippen LogP) is 1.36. The quantitative estimate of drug-likeness (QED) is 0.777. The molecule has 3 aliphatic rings. The lowest BCUT2D eigenvalue weighted by atomic mass is 9.77. The summed E-state index contributed by atoms with van der Waals surface area (Å²) in [5.74, 6) is 0.543. The van der Waals surface area contributed by atoms with Crippen molar-refractivity contribution in [3.63, 3.8) is 0 Å².